The van der Waals surface area contributed by atoms with Gasteiger partial charge in [-0.3, -0.25) is 4.79 Å². The van der Waals surface area contributed by atoms with Crippen LogP contribution in [0.4, 0.5) is 0 Å². The fourth-order valence-corrected chi connectivity index (χ4v) is 3.72. The normalized spacial score (nSPS) is 10.7. The van der Waals surface area contributed by atoms with E-state index in [0.717, 1.165) is 15.6 Å². The van der Waals surface area contributed by atoms with Gasteiger partial charge in [-0.25, -0.2) is 0 Å². The minimum atomic E-state index is -0.376. The predicted octanol–water partition coefficient (Wildman–Crippen LogP) is 5.72. The molecule has 0 atom stereocenters. The van der Waals surface area contributed by atoms with Crippen molar-refractivity contribution < 1.29 is 19.0 Å². The second-order valence-corrected chi connectivity index (χ2v) is 6.97. The highest BCUT2D eigenvalue weighted by Crippen LogP contribution is 2.42. The highest BCUT2D eigenvalue weighted by atomic mass is 35.5. The third-order valence-corrected chi connectivity index (χ3v) is 4.96. The second kappa shape index (κ2) is 7.52. The van der Waals surface area contributed by atoms with Crippen LogP contribution in [0.2, 0.25) is 10.0 Å². The maximum atomic E-state index is 11.2. The molecule has 3 rings (SSSR count). The van der Waals surface area contributed by atoms with Crippen LogP contribution in [0, 0.1) is 0 Å². The number of esters is 1. The molecule has 7 heteroatoms. The van der Waals surface area contributed by atoms with E-state index >= 15 is 0 Å². The highest BCUT2D eigenvalue weighted by molar-refractivity contribution is 7.17. The molecule has 0 spiro atoms. The molecule has 0 saturated carbocycles. The van der Waals surface area contributed by atoms with E-state index in [-0.39, 0.29) is 5.97 Å². The van der Waals surface area contributed by atoms with Gasteiger partial charge in [-0.1, -0.05) is 29.3 Å². The summed E-state index contributed by atoms with van der Waals surface area (Å²) in [5.74, 6) is 1.31. The van der Waals surface area contributed by atoms with Gasteiger partial charge in [0.1, 0.15) is 18.1 Å². The smallest absolute Gasteiger partial charge is 0.308 e. The Bertz CT molecular complexity index is 936. The number of benzene rings is 2. The molecule has 0 unspecified atom stereocenters. The lowest BCUT2D eigenvalue weighted by molar-refractivity contribution is -0.131. The van der Waals surface area contributed by atoms with Gasteiger partial charge in [0.05, 0.1) is 12.5 Å². The Morgan fingerprint density at radius 3 is 2.64 bits per heavy atom. The van der Waals surface area contributed by atoms with Gasteiger partial charge in [-0.05, 0) is 18.2 Å². The first-order valence-electron chi connectivity index (χ1n) is 7.32. The lowest BCUT2D eigenvalue weighted by Crippen LogP contribution is -2.01. The first kappa shape index (κ1) is 17.9. The number of ether oxygens (including phenoxy) is 3. The van der Waals surface area contributed by atoms with E-state index in [1.165, 1.54) is 18.3 Å². The van der Waals surface area contributed by atoms with E-state index in [1.54, 1.807) is 30.7 Å². The molecule has 2 aromatic carbocycles. The standard InChI is InChI=1S/C18H14Cl2O4S/c1-10(21)24-16-9-25-17-7-13(6-15(22-2)18(16)17)23-8-11-3-4-12(19)5-14(11)20/h3-7,9H,8H2,1-2H3. The Hall–Kier alpha value is -1.95. The summed E-state index contributed by atoms with van der Waals surface area (Å²) in [4.78, 5) is 11.2. The van der Waals surface area contributed by atoms with Crippen LogP contribution in [-0.4, -0.2) is 13.1 Å². The van der Waals surface area contributed by atoms with Crippen LogP contribution in [0.3, 0.4) is 0 Å². The van der Waals surface area contributed by atoms with Crippen molar-refractivity contribution in [3.05, 3.63) is 51.3 Å². The Morgan fingerprint density at radius 2 is 1.96 bits per heavy atom. The van der Waals surface area contributed by atoms with Crippen LogP contribution in [0.25, 0.3) is 10.1 Å². The molecule has 0 bridgehead atoms. The average Bonchev–Trinajstić information content (AvgIpc) is 2.95. The predicted molar refractivity (Wildman–Crippen MR) is 100 cm³/mol. The average molecular weight is 397 g/mol. The number of hydrogen-bond donors (Lipinski definition) is 0. The van der Waals surface area contributed by atoms with Crippen LogP contribution >= 0.6 is 34.5 Å². The van der Waals surface area contributed by atoms with E-state index in [2.05, 4.69) is 0 Å². The number of halogens is 2. The summed E-state index contributed by atoms with van der Waals surface area (Å²) in [6, 6.07) is 8.90. The van der Waals surface area contributed by atoms with Crippen molar-refractivity contribution in [3.8, 4) is 17.2 Å². The van der Waals surface area contributed by atoms with Crippen molar-refractivity contribution in [3.63, 3.8) is 0 Å². The Morgan fingerprint density at radius 1 is 1.16 bits per heavy atom. The van der Waals surface area contributed by atoms with Gasteiger partial charge in [0, 0.05) is 38.7 Å². The monoisotopic (exact) mass is 396 g/mol. The molecule has 0 aliphatic carbocycles. The topological polar surface area (TPSA) is 44.8 Å². The van der Waals surface area contributed by atoms with Gasteiger partial charge in [0.2, 0.25) is 0 Å². The lowest BCUT2D eigenvalue weighted by Gasteiger charge is -2.11. The zero-order valence-corrected chi connectivity index (χ0v) is 15.8. The first-order valence-corrected chi connectivity index (χ1v) is 8.96. The fourth-order valence-electron chi connectivity index (χ4n) is 2.35. The molecule has 0 fully saturated rings. The van der Waals surface area contributed by atoms with E-state index in [1.807, 2.05) is 12.1 Å². The summed E-state index contributed by atoms with van der Waals surface area (Å²) in [6.07, 6.45) is 0. The van der Waals surface area contributed by atoms with Crippen molar-refractivity contribution in [1.82, 2.24) is 0 Å². The van der Waals surface area contributed by atoms with Crippen LogP contribution in [-0.2, 0) is 11.4 Å². The third-order valence-electron chi connectivity index (χ3n) is 3.46. The van der Waals surface area contributed by atoms with Crippen LogP contribution in [0.1, 0.15) is 12.5 Å². The third kappa shape index (κ3) is 4.00. The van der Waals surface area contributed by atoms with E-state index in [0.29, 0.717) is 33.9 Å². The number of carbonyl (C=O) groups excluding carboxylic acids is 1. The van der Waals surface area contributed by atoms with Crippen LogP contribution in [0.15, 0.2) is 35.7 Å². The molecule has 0 aliphatic heterocycles. The molecular formula is C18H14Cl2O4S. The van der Waals surface area contributed by atoms with Crippen LogP contribution in [0.5, 0.6) is 17.2 Å². The molecule has 0 saturated heterocycles. The van der Waals surface area contributed by atoms with Crippen molar-refractivity contribution in [1.29, 1.82) is 0 Å². The summed E-state index contributed by atoms with van der Waals surface area (Å²) in [5.41, 5.74) is 0.830. The maximum absolute atomic E-state index is 11.2. The molecular weight excluding hydrogens is 383 g/mol. The van der Waals surface area contributed by atoms with Gasteiger partial charge in [-0.2, -0.15) is 0 Å². The first-order chi connectivity index (χ1) is 12.0. The Kier molecular flexibility index (Phi) is 5.37. The molecule has 25 heavy (non-hydrogen) atoms. The second-order valence-electron chi connectivity index (χ2n) is 5.22. The van der Waals surface area contributed by atoms with Gasteiger partial charge < -0.3 is 14.2 Å². The molecule has 0 radical (unpaired) electrons. The number of methoxy groups -OCH3 is 1. The molecule has 3 aromatic rings. The van der Waals surface area contributed by atoms with Crippen molar-refractivity contribution in [2.45, 2.75) is 13.5 Å². The summed E-state index contributed by atoms with van der Waals surface area (Å²) < 4.78 is 17.4. The van der Waals surface area contributed by atoms with Crippen LogP contribution < -0.4 is 14.2 Å². The maximum Gasteiger partial charge on any atom is 0.308 e. The molecule has 1 heterocycles. The zero-order chi connectivity index (χ0) is 18.0. The number of thiophene rings is 1. The summed E-state index contributed by atoms with van der Waals surface area (Å²) >= 11 is 13.5. The van der Waals surface area contributed by atoms with Gasteiger partial charge in [0.25, 0.3) is 0 Å². The zero-order valence-electron chi connectivity index (χ0n) is 13.5. The highest BCUT2D eigenvalue weighted by Gasteiger charge is 2.15. The summed E-state index contributed by atoms with van der Waals surface area (Å²) in [7, 11) is 1.56. The van der Waals surface area contributed by atoms with E-state index in [4.69, 9.17) is 37.4 Å². The molecule has 0 aliphatic rings. The number of carbonyl (C=O) groups is 1. The molecule has 0 amide bonds. The summed E-state index contributed by atoms with van der Waals surface area (Å²) in [5, 5.41) is 3.65. The van der Waals surface area contributed by atoms with Gasteiger partial charge >= 0.3 is 5.97 Å². The minimum absolute atomic E-state index is 0.298. The Balaban J connectivity index is 1.88. The summed E-state index contributed by atoms with van der Waals surface area (Å²) in [6.45, 7) is 1.66. The molecule has 1 aromatic heterocycles. The quantitative estimate of drug-likeness (QED) is 0.517. The SMILES string of the molecule is COc1cc(OCc2ccc(Cl)cc2Cl)cc2scc(OC(C)=O)c12. The molecule has 4 nitrogen and oxygen atoms in total. The lowest BCUT2D eigenvalue weighted by atomic mass is 10.2. The van der Waals surface area contributed by atoms with E-state index in [9.17, 15) is 4.79 Å². The number of rotatable bonds is 5. The van der Waals surface area contributed by atoms with Crippen molar-refractivity contribution in [2.24, 2.45) is 0 Å². The van der Waals surface area contributed by atoms with Gasteiger partial charge in [0.15, 0.2) is 5.75 Å². The fraction of sp³-hybridized carbons (Fsp3) is 0.167. The van der Waals surface area contributed by atoms with E-state index < -0.39 is 0 Å². The van der Waals surface area contributed by atoms with Crippen molar-refractivity contribution >= 4 is 50.6 Å². The Labute approximate surface area is 158 Å². The molecule has 0 N–H and O–H groups in total. The largest absolute Gasteiger partial charge is 0.496 e. The van der Waals surface area contributed by atoms with Crippen molar-refractivity contribution in [2.75, 3.05) is 7.11 Å². The van der Waals surface area contributed by atoms with Gasteiger partial charge in [-0.15, -0.1) is 11.3 Å². The number of hydrogen-bond acceptors (Lipinski definition) is 5. The molecule has 130 valence electrons. The number of fused-ring (bicyclic) bond motifs is 1. The minimum Gasteiger partial charge on any atom is -0.496 e.